The molecule has 0 aliphatic carbocycles. The highest BCUT2D eigenvalue weighted by Gasteiger charge is 2.06. The minimum Gasteiger partial charge on any atom is -0.472 e. The van der Waals surface area contributed by atoms with E-state index in [1.54, 1.807) is 0 Å². The molecule has 0 saturated carbocycles. The first-order valence-corrected chi connectivity index (χ1v) is 3.23. The smallest absolute Gasteiger partial charge is 0.188 e. The summed E-state index contributed by atoms with van der Waals surface area (Å²) in [6.45, 7) is 5.27. The maximum absolute atomic E-state index is 5.14. The standard InChI is InChI=1S/C7H12O2/c1-3-7-4-8-5-9-6(7)2/h3-5H2,1-2H3. The lowest BCUT2D eigenvalue weighted by atomic mass is 10.2. The molecule has 1 rings (SSSR count). The Balaban J connectivity index is 2.59. The van der Waals surface area contributed by atoms with E-state index < -0.39 is 0 Å². The van der Waals surface area contributed by atoms with Crippen molar-refractivity contribution in [3.63, 3.8) is 0 Å². The molecule has 1 heterocycles. The second-order valence-corrected chi connectivity index (χ2v) is 2.12. The summed E-state index contributed by atoms with van der Waals surface area (Å²) in [7, 11) is 0. The summed E-state index contributed by atoms with van der Waals surface area (Å²) < 4.78 is 10.2. The molecule has 2 nitrogen and oxygen atoms in total. The van der Waals surface area contributed by atoms with Crippen LogP contribution in [0.1, 0.15) is 20.3 Å². The average Bonchev–Trinajstić information content (AvgIpc) is 1.89. The Kier molecular flexibility index (Phi) is 2.11. The van der Waals surface area contributed by atoms with Crippen LogP contribution in [0.3, 0.4) is 0 Å². The van der Waals surface area contributed by atoms with E-state index in [1.165, 1.54) is 5.57 Å². The third-order valence-electron chi connectivity index (χ3n) is 1.56. The van der Waals surface area contributed by atoms with Crippen molar-refractivity contribution in [2.45, 2.75) is 20.3 Å². The van der Waals surface area contributed by atoms with E-state index in [9.17, 15) is 0 Å². The fourth-order valence-electron chi connectivity index (χ4n) is 0.850. The summed E-state index contributed by atoms with van der Waals surface area (Å²) in [5.41, 5.74) is 1.28. The average molecular weight is 128 g/mol. The lowest BCUT2D eigenvalue weighted by Crippen LogP contribution is -2.11. The molecule has 9 heavy (non-hydrogen) atoms. The molecule has 52 valence electrons. The zero-order chi connectivity index (χ0) is 6.69. The van der Waals surface area contributed by atoms with E-state index in [-0.39, 0.29) is 0 Å². The van der Waals surface area contributed by atoms with Crippen molar-refractivity contribution in [1.29, 1.82) is 0 Å². The molecule has 0 aromatic rings. The monoisotopic (exact) mass is 128 g/mol. The second-order valence-electron chi connectivity index (χ2n) is 2.12. The Hall–Kier alpha value is -0.500. The molecule has 1 aliphatic heterocycles. The Morgan fingerprint density at radius 2 is 2.33 bits per heavy atom. The van der Waals surface area contributed by atoms with Gasteiger partial charge < -0.3 is 9.47 Å². The highest BCUT2D eigenvalue weighted by atomic mass is 16.7. The van der Waals surface area contributed by atoms with Crippen molar-refractivity contribution in [3.05, 3.63) is 11.3 Å². The molecule has 0 aromatic carbocycles. The Bertz CT molecular complexity index is 127. The van der Waals surface area contributed by atoms with Crippen molar-refractivity contribution in [2.24, 2.45) is 0 Å². The van der Waals surface area contributed by atoms with Crippen molar-refractivity contribution in [3.8, 4) is 0 Å². The summed E-state index contributed by atoms with van der Waals surface area (Å²) in [5.74, 6) is 1.05. The van der Waals surface area contributed by atoms with Gasteiger partial charge in [-0.15, -0.1) is 0 Å². The summed E-state index contributed by atoms with van der Waals surface area (Å²) in [6, 6.07) is 0. The minimum absolute atomic E-state index is 0.426. The van der Waals surface area contributed by atoms with Gasteiger partial charge in [-0.1, -0.05) is 6.92 Å². The first-order chi connectivity index (χ1) is 4.34. The second kappa shape index (κ2) is 2.87. The predicted octanol–water partition coefficient (Wildman–Crippen LogP) is 1.67. The van der Waals surface area contributed by atoms with Crippen molar-refractivity contribution >= 4 is 0 Å². The van der Waals surface area contributed by atoms with Gasteiger partial charge in [0, 0.05) is 0 Å². The molecule has 1 aliphatic rings. The van der Waals surface area contributed by atoms with Gasteiger partial charge in [-0.3, -0.25) is 0 Å². The van der Waals surface area contributed by atoms with Gasteiger partial charge in [-0.05, 0) is 18.9 Å². The molecular formula is C7H12O2. The van der Waals surface area contributed by atoms with Gasteiger partial charge in [0.25, 0.3) is 0 Å². The number of ether oxygens (including phenoxy) is 2. The molecule has 2 heteroatoms. The summed E-state index contributed by atoms with van der Waals surface area (Å²) >= 11 is 0. The molecule has 0 amide bonds. The van der Waals surface area contributed by atoms with Crippen molar-refractivity contribution in [2.75, 3.05) is 13.4 Å². The first-order valence-electron chi connectivity index (χ1n) is 3.23. The largest absolute Gasteiger partial charge is 0.472 e. The van der Waals surface area contributed by atoms with E-state index in [1.807, 2.05) is 6.92 Å². The molecule has 0 unspecified atom stereocenters. The van der Waals surface area contributed by atoms with Crippen LogP contribution in [0.15, 0.2) is 11.3 Å². The predicted molar refractivity (Wildman–Crippen MR) is 34.9 cm³/mol. The van der Waals surface area contributed by atoms with E-state index in [2.05, 4.69) is 6.92 Å². The normalized spacial score (nSPS) is 19.8. The van der Waals surface area contributed by atoms with Gasteiger partial charge >= 0.3 is 0 Å². The van der Waals surface area contributed by atoms with Crippen molar-refractivity contribution in [1.82, 2.24) is 0 Å². The van der Waals surface area contributed by atoms with Gasteiger partial charge in [-0.2, -0.15) is 0 Å². The zero-order valence-corrected chi connectivity index (χ0v) is 5.94. The number of rotatable bonds is 1. The Morgan fingerprint density at radius 1 is 1.56 bits per heavy atom. The maximum atomic E-state index is 5.14. The molecule has 0 bridgehead atoms. The van der Waals surface area contributed by atoms with Crippen LogP contribution in [0.4, 0.5) is 0 Å². The number of hydrogen-bond donors (Lipinski definition) is 0. The van der Waals surface area contributed by atoms with Gasteiger partial charge in [-0.25, -0.2) is 0 Å². The molecule has 0 saturated heterocycles. The third-order valence-corrected chi connectivity index (χ3v) is 1.56. The van der Waals surface area contributed by atoms with Gasteiger partial charge in [0.15, 0.2) is 6.79 Å². The van der Waals surface area contributed by atoms with Crippen LogP contribution in [0.2, 0.25) is 0 Å². The highest BCUT2D eigenvalue weighted by Crippen LogP contribution is 2.14. The quantitative estimate of drug-likeness (QED) is 0.535. The number of allylic oxidation sites excluding steroid dienone is 1. The SMILES string of the molecule is CCC1=C(C)OCOC1. The highest BCUT2D eigenvalue weighted by molar-refractivity contribution is 5.07. The third kappa shape index (κ3) is 1.45. The van der Waals surface area contributed by atoms with Gasteiger partial charge in [0.05, 0.1) is 12.4 Å². The van der Waals surface area contributed by atoms with Crippen LogP contribution < -0.4 is 0 Å². The van der Waals surface area contributed by atoms with E-state index in [0.717, 1.165) is 18.8 Å². The van der Waals surface area contributed by atoms with Crippen LogP contribution in [0.5, 0.6) is 0 Å². The van der Waals surface area contributed by atoms with E-state index >= 15 is 0 Å². The van der Waals surface area contributed by atoms with E-state index in [4.69, 9.17) is 9.47 Å². The van der Waals surface area contributed by atoms with Gasteiger partial charge in [0.1, 0.15) is 0 Å². The van der Waals surface area contributed by atoms with Crippen LogP contribution in [-0.4, -0.2) is 13.4 Å². The van der Waals surface area contributed by atoms with Crippen molar-refractivity contribution < 1.29 is 9.47 Å². The summed E-state index contributed by atoms with van der Waals surface area (Å²) in [6.07, 6.45) is 1.03. The van der Waals surface area contributed by atoms with Crippen LogP contribution >= 0.6 is 0 Å². The molecular weight excluding hydrogens is 116 g/mol. The molecule has 0 fully saturated rings. The van der Waals surface area contributed by atoms with Gasteiger partial charge in [0.2, 0.25) is 0 Å². The Labute approximate surface area is 55.5 Å². The van der Waals surface area contributed by atoms with Crippen LogP contribution in [-0.2, 0) is 9.47 Å². The molecule has 0 atom stereocenters. The van der Waals surface area contributed by atoms with Crippen LogP contribution in [0.25, 0.3) is 0 Å². The maximum Gasteiger partial charge on any atom is 0.188 e. The number of hydrogen-bond acceptors (Lipinski definition) is 2. The zero-order valence-electron chi connectivity index (χ0n) is 5.94. The Morgan fingerprint density at radius 3 is 2.78 bits per heavy atom. The fourth-order valence-corrected chi connectivity index (χ4v) is 0.850. The molecule has 0 radical (unpaired) electrons. The summed E-state index contributed by atoms with van der Waals surface area (Å²) in [4.78, 5) is 0. The summed E-state index contributed by atoms with van der Waals surface area (Å²) in [5, 5.41) is 0. The fraction of sp³-hybridized carbons (Fsp3) is 0.714. The van der Waals surface area contributed by atoms with Crippen LogP contribution in [0, 0.1) is 0 Å². The lowest BCUT2D eigenvalue weighted by Gasteiger charge is -2.17. The topological polar surface area (TPSA) is 18.5 Å². The minimum atomic E-state index is 0.426. The molecule has 0 spiro atoms. The molecule has 0 N–H and O–H groups in total. The lowest BCUT2D eigenvalue weighted by molar-refractivity contribution is -0.0362. The van der Waals surface area contributed by atoms with E-state index in [0.29, 0.717) is 6.79 Å². The molecule has 0 aromatic heterocycles. The first kappa shape index (κ1) is 6.62.